The van der Waals surface area contributed by atoms with E-state index in [-0.39, 0.29) is 11.4 Å². The molecule has 0 unspecified atom stereocenters. The summed E-state index contributed by atoms with van der Waals surface area (Å²) in [7, 11) is 0. The molecule has 0 radical (unpaired) electrons. The summed E-state index contributed by atoms with van der Waals surface area (Å²) in [5, 5.41) is 3.04. The minimum absolute atomic E-state index is 0.130. The molecule has 2 rings (SSSR count). The summed E-state index contributed by atoms with van der Waals surface area (Å²) in [4.78, 5) is 16.2. The molecule has 4 nitrogen and oxygen atoms in total. The molecule has 0 saturated carbocycles. The molecule has 1 aromatic carbocycles. The normalized spacial score (nSPS) is 10.7. The monoisotopic (exact) mass is 289 g/mol. The van der Waals surface area contributed by atoms with Crippen LogP contribution in [-0.4, -0.2) is 9.55 Å². The third-order valence-electron chi connectivity index (χ3n) is 3.33. The summed E-state index contributed by atoms with van der Waals surface area (Å²) in [5.41, 5.74) is 2.01. The highest BCUT2D eigenvalue weighted by molar-refractivity contribution is 5.36. The van der Waals surface area contributed by atoms with E-state index in [1.54, 1.807) is 42.9 Å². The number of nitrogens with one attached hydrogen (secondary N) is 1. The average molecular weight is 289 g/mol. The fourth-order valence-corrected chi connectivity index (χ4v) is 2.31. The number of aromatic nitrogens is 2. The number of benzene rings is 1. The summed E-state index contributed by atoms with van der Waals surface area (Å²) in [6, 6.07) is 3.56. The molecular weight excluding hydrogens is 269 g/mol. The number of hydrogen-bond acceptors (Lipinski definition) is 3. The van der Waals surface area contributed by atoms with Gasteiger partial charge in [0.1, 0.15) is 5.82 Å². The first-order valence-corrected chi connectivity index (χ1v) is 7.08. The third kappa shape index (κ3) is 3.48. The standard InChI is InChI=1S/C16H20FN3O/c1-4-6-20-7-5-18-15(16(20)21)19-10-13-8-11(2)14(17)12(3)9-13/h5,7-9H,4,6,10H2,1-3H3,(H,18,19). The second-order valence-electron chi connectivity index (χ2n) is 5.17. The Morgan fingerprint density at radius 1 is 1.29 bits per heavy atom. The zero-order chi connectivity index (χ0) is 15.4. The van der Waals surface area contributed by atoms with Gasteiger partial charge in [-0.3, -0.25) is 4.79 Å². The van der Waals surface area contributed by atoms with Crippen molar-refractivity contribution in [3.8, 4) is 0 Å². The molecule has 112 valence electrons. The van der Waals surface area contributed by atoms with E-state index in [1.807, 2.05) is 6.92 Å². The van der Waals surface area contributed by atoms with Crippen molar-refractivity contribution in [2.24, 2.45) is 0 Å². The zero-order valence-electron chi connectivity index (χ0n) is 12.6. The van der Waals surface area contributed by atoms with Gasteiger partial charge in [-0.1, -0.05) is 19.1 Å². The zero-order valence-corrected chi connectivity index (χ0v) is 12.6. The van der Waals surface area contributed by atoms with Gasteiger partial charge in [0, 0.05) is 25.5 Å². The van der Waals surface area contributed by atoms with Gasteiger partial charge in [-0.25, -0.2) is 9.37 Å². The van der Waals surface area contributed by atoms with Crippen LogP contribution >= 0.6 is 0 Å². The Labute approximate surface area is 123 Å². The Morgan fingerprint density at radius 3 is 2.57 bits per heavy atom. The molecule has 5 heteroatoms. The molecule has 0 amide bonds. The van der Waals surface area contributed by atoms with E-state index in [2.05, 4.69) is 10.3 Å². The molecule has 0 aliphatic rings. The van der Waals surface area contributed by atoms with Gasteiger partial charge in [-0.2, -0.15) is 0 Å². The lowest BCUT2D eigenvalue weighted by Gasteiger charge is -2.10. The van der Waals surface area contributed by atoms with Gasteiger partial charge in [0.2, 0.25) is 0 Å². The predicted molar refractivity (Wildman–Crippen MR) is 82.0 cm³/mol. The van der Waals surface area contributed by atoms with Crippen molar-refractivity contribution in [3.63, 3.8) is 0 Å². The third-order valence-corrected chi connectivity index (χ3v) is 3.33. The first kappa shape index (κ1) is 15.2. The van der Waals surface area contributed by atoms with Crippen molar-refractivity contribution < 1.29 is 4.39 Å². The van der Waals surface area contributed by atoms with Crippen LogP contribution in [0.1, 0.15) is 30.0 Å². The van der Waals surface area contributed by atoms with Crippen molar-refractivity contribution in [2.75, 3.05) is 5.32 Å². The largest absolute Gasteiger partial charge is 0.361 e. The second-order valence-corrected chi connectivity index (χ2v) is 5.17. The molecule has 1 aromatic heterocycles. The van der Waals surface area contributed by atoms with Crippen LogP contribution in [0.3, 0.4) is 0 Å². The van der Waals surface area contributed by atoms with E-state index >= 15 is 0 Å². The van der Waals surface area contributed by atoms with Crippen LogP contribution in [0.5, 0.6) is 0 Å². The Kier molecular flexibility index (Phi) is 4.73. The average Bonchev–Trinajstić information content (AvgIpc) is 2.45. The Bertz CT molecular complexity index is 671. The molecule has 1 heterocycles. The fraction of sp³-hybridized carbons (Fsp3) is 0.375. The van der Waals surface area contributed by atoms with E-state index in [1.165, 1.54) is 0 Å². The van der Waals surface area contributed by atoms with E-state index in [0.717, 1.165) is 12.0 Å². The smallest absolute Gasteiger partial charge is 0.293 e. The molecule has 2 aromatic rings. The Balaban J connectivity index is 2.17. The van der Waals surface area contributed by atoms with Crippen LogP contribution < -0.4 is 10.9 Å². The van der Waals surface area contributed by atoms with Crippen molar-refractivity contribution in [1.29, 1.82) is 0 Å². The summed E-state index contributed by atoms with van der Waals surface area (Å²) in [6.07, 6.45) is 4.18. The van der Waals surface area contributed by atoms with Gasteiger partial charge >= 0.3 is 0 Å². The number of hydrogen-bond donors (Lipinski definition) is 1. The molecule has 0 saturated heterocycles. The first-order valence-electron chi connectivity index (χ1n) is 7.08. The second kappa shape index (κ2) is 6.52. The summed E-state index contributed by atoms with van der Waals surface area (Å²) in [6.45, 7) is 6.61. The quantitative estimate of drug-likeness (QED) is 0.920. The topological polar surface area (TPSA) is 46.9 Å². The maximum atomic E-state index is 13.6. The van der Waals surface area contributed by atoms with Crippen molar-refractivity contribution in [3.05, 3.63) is 57.4 Å². The van der Waals surface area contributed by atoms with Gasteiger partial charge in [-0.15, -0.1) is 0 Å². The minimum Gasteiger partial charge on any atom is -0.361 e. The van der Waals surface area contributed by atoms with Gasteiger partial charge in [0.05, 0.1) is 0 Å². The lowest BCUT2D eigenvalue weighted by atomic mass is 10.1. The fourth-order valence-electron chi connectivity index (χ4n) is 2.31. The van der Waals surface area contributed by atoms with Crippen LogP contribution in [0, 0.1) is 19.7 Å². The molecule has 0 atom stereocenters. The van der Waals surface area contributed by atoms with Crippen molar-refractivity contribution >= 4 is 5.82 Å². The molecule has 0 bridgehead atoms. The summed E-state index contributed by atoms with van der Waals surface area (Å²) >= 11 is 0. The van der Waals surface area contributed by atoms with E-state index in [9.17, 15) is 9.18 Å². The predicted octanol–water partition coefficient (Wildman–Crippen LogP) is 3.02. The lowest BCUT2D eigenvalue weighted by Crippen LogP contribution is -2.24. The van der Waals surface area contributed by atoms with Crippen molar-refractivity contribution in [1.82, 2.24) is 9.55 Å². The molecular formula is C16H20FN3O. The lowest BCUT2D eigenvalue weighted by molar-refractivity contribution is 0.608. The van der Waals surface area contributed by atoms with E-state index in [0.29, 0.717) is 30.0 Å². The van der Waals surface area contributed by atoms with Crippen LogP contribution in [0.25, 0.3) is 0 Å². The molecule has 0 spiro atoms. The van der Waals surface area contributed by atoms with Gasteiger partial charge in [0.25, 0.3) is 5.56 Å². The number of nitrogens with zero attached hydrogens (tertiary/aromatic N) is 2. The highest BCUT2D eigenvalue weighted by atomic mass is 19.1. The number of rotatable bonds is 5. The highest BCUT2D eigenvalue weighted by Gasteiger charge is 2.07. The van der Waals surface area contributed by atoms with Gasteiger partial charge in [0.15, 0.2) is 5.82 Å². The SMILES string of the molecule is CCCn1ccnc(NCc2cc(C)c(F)c(C)c2)c1=O. The van der Waals surface area contributed by atoms with Crippen LogP contribution in [0.4, 0.5) is 10.2 Å². The molecule has 0 aliphatic carbocycles. The summed E-state index contributed by atoms with van der Waals surface area (Å²) in [5.74, 6) is 0.146. The van der Waals surface area contributed by atoms with E-state index in [4.69, 9.17) is 0 Å². The molecule has 21 heavy (non-hydrogen) atoms. The maximum Gasteiger partial charge on any atom is 0.293 e. The maximum absolute atomic E-state index is 13.6. The van der Waals surface area contributed by atoms with Crippen LogP contribution in [-0.2, 0) is 13.1 Å². The molecule has 1 N–H and O–H groups in total. The van der Waals surface area contributed by atoms with Crippen LogP contribution in [0.2, 0.25) is 0 Å². The van der Waals surface area contributed by atoms with Gasteiger partial charge < -0.3 is 9.88 Å². The van der Waals surface area contributed by atoms with Crippen LogP contribution in [0.15, 0.2) is 29.3 Å². The molecule has 0 aliphatic heterocycles. The molecule has 0 fully saturated rings. The van der Waals surface area contributed by atoms with Crippen molar-refractivity contribution in [2.45, 2.75) is 40.3 Å². The Hall–Kier alpha value is -2.17. The number of halogens is 1. The number of aryl methyl sites for hydroxylation is 3. The number of anilines is 1. The van der Waals surface area contributed by atoms with E-state index < -0.39 is 0 Å². The highest BCUT2D eigenvalue weighted by Crippen LogP contribution is 2.15. The summed E-state index contributed by atoms with van der Waals surface area (Å²) < 4.78 is 15.2. The van der Waals surface area contributed by atoms with Gasteiger partial charge in [-0.05, 0) is 37.0 Å². The first-order chi connectivity index (χ1) is 10.0. The minimum atomic E-state index is -0.179. The Morgan fingerprint density at radius 2 is 1.95 bits per heavy atom.